The van der Waals surface area contributed by atoms with Gasteiger partial charge in [0.25, 0.3) is 0 Å². The van der Waals surface area contributed by atoms with Crippen LogP contribution in [0.25, 0.3) is 5.52 Å². The molecule has 5 nitrogen and oxygen atoms in total. The molecule has 0 unspecified atom stereocenters. The Kier molecular flexibility index (Phi) is 2.13. The molecule has 0 aromatic carbocycles. The number of hydrogen-bond donors (Lipinski definition) is 1. The highest BCUT2D eigenvalue weighted by Crippen LogP contribution is 2.29. The van der Waals surface area contributed by atoms with Crippen LogP contribution in [0.15, 0.2) is 18.5 Å². The first kappa shape index (κ1) is 10.5. The van der Waals surface area contributed by atoms with Crippen LogP contribution in [0.1, 0.15) is 19.0 Å². The minimum atomic E-state index is -0.0381. The van der Waals surface area contributed by atoms with Crippen molar-refractivity contribution in [2.24, 2.45) is 5.73 Å². The second-order valence-corrected chi connectivity index (χ2v) is 4.94. The number of rotatable bonds is 2. The van der Waals surface area contributed by atoms with E-state index in [4.69, 9.17) is 5.73 Å². The second-order valence-electron chi connectivity index (χ2n) is 4.94. The average Bonchev–Trinajstić information content (AvgIpc) is 2.64. The summed E-state index contributed by atoms with van der Waals surface area (Å²) in [5.41, 5.74) is 8.22. The number of hydrogen-bond acceptors (Lipinski definition) is 4. The third kappa shape index (κ3) is 1.58. The Balaban J connectivity index is 1.97. The molecule has 3 heterocycles. The molecule has 2 aromatic rings. The van der Waals surface area contributed by atoms with E-state index in [1.165, 1.54) is 0 Å². The fourth-order valence-electron chi connectivity index (χ4n) is 2.36. The Morgan fingerprint density at radius 3 is 2.94 bits per heavy atom. The summed E-state index contributed by atoms with van der Waals surface area (Å²) in [5.74, 6) is 0.989. The molecule has 1 saturated heterocycles. The summed E-state index contributed by atoms with van der Waals surface area (Å²) in [7, 11) is 0. The van der Waals surface area contributed by atoms with Gasteiger partial charge >= 0.3 is 0 Å². The van der Waals surface area contributed by atoms with E-state index in [-0.39, 0.29) is 5.54 Å². The fourth-order valence-corrected chi connectivity index (χ4v) is 2.36. The third-order valence-corrected chi connectivity index (χ3v) is 3.51. The van der Waals surface area contributed by atoms with Crippen LogP contribution in [0, 0.1) is 6.92 Å². The molecule has 5 heteroatoms. The molecule has 0 amide bonds. The molecule has 0 radical (unpaired) electrons. The molecule has 0 spiro atoms. The number of anilines is 1. The van der Waals surface area contributed by atoms with E-state index in [0.717, 1.165) is 36.5 Å². The second kappa shape index (κ2) is 3.43. The maximum Gasteiger partial charge on any atom is 0.154 e. The van der Waals surface area contributed by atoms with Gasteiger partial charge in [0.15, 0.2) is 5.82 Å². The first-order chi connectivity index (χ1) is 8.11. The number of aryl methyl sites for hydroxylation is 1. The highest BCUT2D eigenvalue weighted by atomic mass is 15.3. The Bertz CT molecular complexity index is 553. The van der Waals surface area contributed by atoms with Gasteiger partial charge in [0.1, 0.15) is 5.52 Å². The van der Waals surface area contributed by atoms with Gasteiger partial charge in [-0.2, -0.15) is 5.10 Å². The Hall–Kier alpha value is -1.62. The number of aromatic nitrogens is 3. The largest absolute Gasteiger partial charge is 0.351 e. The van der Waals surface area contributed by atoms with Gasteiger partial charge in [0, 0.05) is 25.5 Å². The van der Waals surface area contributed by atoms with Crippen LogP contribution in [0.4, 0.5) is 5.82 Å². The Labute approximate surface area is 100 Å². The van der Waals surface area contributed by atoms with E-state index in [0.29, 0.717) is 0 Å². The lowest BCUT2D eigenvalue weighted by atomic mass is 9.88. The van der Waals surface area contributed by atoms with Crippen molar-refractivity contribution in [1.29, 1.82) is 0 Å². The molecule has 0 bridgehead atoms. The van der Waals surface area contributed by atoms with Crippen LogP contribution >= 0.6 is 0 Å². The average molecular weight is 231 g/mol. The summed E-state index contributed by atoms with van der Waals surface area (Å²) in [4.78, 5) is 6.67. The van der Waals surface area contributed by atoms with Crippen LogP contribution < -0.4 is 10.6 Å². The number of fused-ring (bicyclic) bond motifs is 1. The lowest BCUT2D eigenvalue weighted by Crippen LogP contribution is -2.67. The summed E-state index contributed by atoms with van der Waals surface area (Å²) in [6.45, 7) is 5.88. The van der Waals surface area contributed by atoms with Gasteiger partial charge in [-0.15, -0.1) is 0 Å². The van der Waals surface area contributed by atoms with Crippen molar-refractivity contribution < 1.29 is 0 Å². The minimum absolute atomic E-state index is 0.0381. The van der Waals surface area contributed by atoms with E-state index >= 15 is 0 Å². The van der Waals surface area contributed by atoms with Crippen LogP contribution in [-0.4, -0.2) is 33.2 Å². The van der Waals surface area contributed by atoms with Crippen LogP contribution in [0.2, 0.25) is 0 Å². The predicted octanol–water partition coefficient (Wildman–Crippen LogP) is 0.965. The van der Waals surface area contributed by atoms with E-state index in [9.17, 15) is 0 Å². The molecule has 3 rings (SSSR count). The van der Waals surface area contributed by atoms with Crippen molar-refractivity contribution >= 4 is 11.3 Å². The molecular formula is C12H17N5. The van der Waals surface area contributed by atoms with E-state index in [1.54, 1.807) is 6.20 Å². The maximum atomic E-state index is 6.19. The molecule has 1 aliphatic rings. The quantitative estimate of drug-likeness (QED) is 0.836. The van der Waals surface area contributed by atoms with Crippen LogP contribution in [0.5, 0.6) is 0 Å². The first-order valence-electron chi connectivity index (χ1n) is 5.96. The van der Waals surface area contributed by atoms with Gasteiger partial charge in [0.05, 0.1) is 11.2 Å². The van der Waals surface area contributed by atoms with Gasteiger partial charge in [0.2, 0.25) is 0 Å². The Morgan fingerprint density at radius 1 is 1.47 bits per heavy atom. The lowest BCUT2D eigenvalue weighted by molar-refractivity contribution is 0.320. The van der Waals surface area contributed by atoms with Crippen molar-refractivity contribution in [2.45, 2.75) is 25.8 Å². The third-order valence-electron chi connectivity index (χ3n) is 3.51. The first-order valence-corrected chi connectivity index (χ1v) is 5.96. The topological polar surface area (TPSA) is 59.5 Å². The van der Waals surface area contributed by atoms with Gasteiger partial charge < -0.3 is 10.6 Å². The van der Waals surface area contributed by atoms with Crippen molar-refractivity contribution in [3.63, 3.8) is 0 Å². The standard InChI is InChI=1S/C12H17N5/c1-3-12(13)7-16(8-12)11-10-6-9(2)15-17(10)5-4-14-11/h4-6H,3,7-8,13H2,1-2H3. The lowest BCUT2D eigenvalue weighted by Gasteiger charge is -2.48. The molecule has 90 valence electrons. The highest BCUT2D eigenvalue weighted by molar-refractivity contribution is 5.70. The molecule has 1 fully saturated rings. The summed E-state index contributed by atoms with van der Waals surface area (Å²) < 4.78 is 1.88. The monoisotopic (exact) mass is 231 g/mol. The summed E-state index contributed by atoms with van der Waals surface area (Å²) in [5, 5.41) is 4.39. The van der Waals surface area contributed by atoms with Crippen molar-refractivity contribution in [3.05, 3.63) is 24.2 Å². The minimum Gasteiger partial charge on any atom is -0.351 e. The molecule has 2 N–H and O–H groups in total. The zero-order chi connectivity index (χ0) is 12.0. The highest BCUT2D eigenvalue weighted by Gasteiger charge is 2.39. The van der Waals surface area contributed by atoms with Crippen LogP contribution in [-0.2, 0) is 0 Å². The van der Waals surface area contributed by atoms with E-state index in [1.807, 2.05) is 17.6 Å². The smallest absolute Gasteiger partial charge is 0.154 e. The number of nitrogens with zero attached hydrogens (tertiary/aromatic N) is 4. The van der Waals surface area contributed by atoms with Gasteiger partial charge in [-0.25, -0.2) is 9.50 Å². The molecule has 17 heavy (non-hydrogen) atoms. The maximum absolute atomic E-state index is 6.19. The summed E-state index contributed by atoms with van der Waals surface area (Å²) >= 11 is 0. The summed E-state index contributed by atoms with van der Waals surface area (Å²) in [6, 6.07) is 2.06. The molecule has 0 aliphatic carbocycles. The van der Waals surface area contributed by atoms with E-state index in [2.05, 4.69) is 28.0 Å². The fraction of sp³-hybridized carbons (Fsp3) is 0.500. The van der Waals surface area contributed by atoms with Gasteiger partial charge in [-0.1, -0.05) is 6.92 Å². The van der Waals surface area contributed by atoms with Crippen molar-refractivity contribution in [1.82, 2.24) is 14.6 Å². The zero-order valence-corrected chi connectivity index (χ0v) is 10.2. The van der Waals surface area contributed by atoms with Gasteiger partial charge in [-0.3, -0.25) is 0 Å². The van der Waals surface area contributed by atoms with Gasteiger partial charge in [-0.05, 0) is 19.4 Å². The van der Waals surface area contributed by atoms with Crippen molar-refractivity contribution in [2.75, 3.05) is 18.0 Å². The summed E-state index contributed by atoms with van der Waals surface area (Å²) in [6.07, 6.45) is 4.67. The normalized spacial score (nSPS) is 18.4. The SMILES string of the molecule is CCC1(N)CN(c2nccn3nc(C)cc23)C1. The van der Waals surface area contributed by atoms with Crippen LogP contribution in [0.3, 0.4) is 0 Å². The molecule has 1 aliphatic heterocycles. The molecule has 0 atom stereocenters. The molecule has 0 saturated carbocycles. The zero-order valence-electron chi connectivity index (χ0n) is 10.2. The van der Waals surface area contributed by atoms with E-state index < -0.39 is 0 Å². The van der Waals surface area contributed by atoms with Crippen molar-refractivity contribution in [3.8, 4) is 0 Å². The predicted molar refractivity (Wildman–Crippen MR) is 67.1 cm³/mol. The Morgan fingerprint density at radius 2 is 2.24 bits per heavy atom. The molecular weight excluding hydrogens is 214 g/mol. The molecule has 2 aromatic heterocycles. The number of nitrogens with two attached hydrogens (primary N) is 1.